The van der Waals surface area contributed by atoms with Crippen LogP contribution in [0, 0.1) is 13.8 Å². The lowest BCUT2D eigenvalue weighted by Gasteiger charge is -2.32. The van der Waals surface area contributed by atoms with Gasteiger partial charge in [0.25, 0.3) is 5.97 Å². The highest BCUT2D eigenvalue weighted by Crippen LogP contribution is 2.38. The van der Waals surface area contributed by atoms with Crippen LogP contribution in [0.3, 0.4) is 0 Å². The first-order valence-corrected chi connectivity index (χ1v) is 11.5. The SMILES string of the molecule is CC(=O)O.Cc1ccc2c(n1)N(c1cccc(CNc3ccc4c(c3)OCC4C)c1C)CCO2. The van der Waals surface area contributed by atoms with E-state index in [9.17, 15) is 0 Å². The maximum Gasteiger partial charge on any atom is 0.300 e. The number of aliphatic carboxylic acids is 1. The number of hydrogen-bond donors (Lipinski definition) is 2. The van der Waals surface area contributed by atoms with Crippen molar-refractivity contribution >= 4 is 23.2 Å². The highest BCUT2D eigenvalue weighted by molar-refractivity contribution is 5.70. The number of pyridine rings is 1. The molecule has 0 saturated heterocycles. The lowest BCUT2D eigenvalue weighted by Crippen LogP contribution is -2.30. The van der Waals surface area contributed by atoms with Crippen molar-refractivity contribution in [2.75, 3.05) is 30.0 Å². The monoisotopic (exact) mass is 461 g/mol. The van der Waals surface area contributed by atoms with Gasteiger partial charge in [-0.1, -0.05) is 25.1 Å². The van der Waals surface area contributed by atoms with Crippen molar-refractivity contribution in [2.24, 2.45) is 0 Å². The standard InChI is InChI=1S/C25H27N3O2.C2H4O2/c1-16-15-30-24-13-20(8-9-21(16)24)26-14-19-5-4-6-22(18(19)3)28-11-12-29-23-10-7-17(2)27-25(23)28;1-2(3)4/h4-10,13,16,26H,11-12,14-15H2,1-3H3;1H3,(H,3,4). The Labute approximate surface area is 200 Å². The van der Waals surface area contributed by atoms with Crippen LogP contribution in [0.2, 0.25) is 0 Å². The van der Waals surface area contributed by atoms with Crippen LogP contribution in [-0.2, 0) is 11.3 Å². The Morgan fingerprint density at radius 1 is 1.15 bits per heavy atom. The van der Waals surface area contributed by atoms with Gasteiger partial charge in [0.1, 0.15) is 12.4 Å². The maximum absolute atomic E-state index is 9.00. The molecule has 2 N–H and O–H groups in total. The van der Waals surface area contributed by atoms with Crippen LogP contribution >= 0.6 is 0 Å². The Morgan fingerprint density at radius 2 is 1.94 bits per heavy atom. The second-order valence-electron chi connectivity index (χ2n) is 8.67. The summed E-state index contributed by atoms with van der Waals surface area (Å²) in [7, 11) is 0. The topological polar surface area (TPSA) is 83.9 Å². The smallest absolute Gasteiger partial charge is 0.300 e. The predicted molar refractivity (Wildman–Crippen MR) is 134 cm³/mol. The molecule has 2 aliphatic heterocycles. The number of aryl methyl sites for hydroxylation is 1. The molecule has 0 amide bonds. The van der Waals surface area contributed by atoms with Gasteiger partial charge in [-0.3, -0.25) is 4.79 Å². The molecule has 0 saturated carbocycles. The van der Waals surface area contributed by atoms with Crippen molar-refractivity contribution in [3.8, 4) is 11.5 Å². The van der Waals surface area contributed by atoms with Crippen molar-refractivity contribution in [3.05, 3.63) is 70.9 Å². The lowest BCUT2D eigenvalue weighted by atomic mass is 10.0. The van der Waals surface area contributed by atoms with Gasteiger partial charge < -0.3 is 24.8 Å². The van der Waals surface area contributed by atoms with E-state index in [1.54, 1.807) is 0 Å². The number of anilines is 3. The normalized spacial score (nSPS) is 15.8. The summed E-state index contributed by atoms with van der Waals surface area (Å²) in [5, 5.41) is 11.0. The van der Waals surface area contributed by atoms with Crippen molar-refractivity contribution in [1.29, 1.82) is 0 Å². The van der Waals surface area contributed by atoms with Gasteiger partial charge in [-0.2, -0.15) is 0 Å². The molecule has 34 heavy (non-hydrogen) atoms. The third kappa shape index (κ3) is 5.09. The van der Waals surface area contributed by atoms with Crippen molar-refractivity contribution in [3.63, 3.8) is 0 Å². The van der Waals surface area contributed by atoms with Crippen LogP contribution in [0.25, 0.3) is 0 Å². The number of nitrogens with zero attached hydrogens (tertiary/aromatic N) is 2. The van der Waals surface area contributed by atoms with Crippen LogP contribution in [0.1, 0.15) is 42.1 Å². The Hall–Kier alpha value is -3.74. The molecular weight excluding hydrogens is 430 g/mol. The number of ether oxygens (including phenoxy) is 2. The first kappa shape index (κ1) is 23.4. The summed E-state index contributed by atoms with van der Waals surface area (Å²) in [5.74, 6) is 2.40. The van der Waals surface area contributed by atoms with E-state index in [4.69, 9.17) is 24.4 Å². The Bertz CT molecular complexity index is 1190. The van der Waals surface area contributed by atoms with E-state index in [-0.39, 0.29) is 0 Å². The molecule has 2 aromatic carbocycles. The summed E-state index contributed by atoms with van der Waals surface area (Å²) < 4.78 is 11.6. The minimum atomic E-state index is -0.833. The van der Waals surface area contributed by atoms with E-state index in [0.29, 0.717) is 12.5 Å². The predicted octanol–water partition coefficient (Wildman–Crippen LogP) is 5.43. The molecule has 2 aliphatic rings. The molecule has 5 rings (SSSR count). The van der Waals surface area contributed by atoms with E-state index >= 15 is 0 Å². The second kappa shape index (κ2) is 10.0. The van der Waals surface area contributed by atoms with Crippen LogP contribution in [-0.4, -0.2) is 35.8 Å². The van der Waals surface area contributed by atoms with Gasteiger partial charge >= 0.3 is 0 Å². The molecule has 0 spiro atoms. The summed E-state index contributed by atoms with van der Waals surface area (Å²) in [5.41, 5.74) is 7.08. The highest BCUT2D eigenvalue weighted by atomic mass is 16.5. The van der Waals surface area contributed by atoms with E-state index in [1.807, 2.05) is 19.1 Å². The molecule has 1 unspecified atom stereocenters. The first-order valence-electron chi connectivity index (χ1n) is 11.5. The summed E-state index contributed by atoms with van der Waals surface area (Å²) in [4.78, 5) is 16.0. The molecule has 3 aromatic rings. The second-order valence-corrected chi connectivity index (χ2v) is 8.67. The summed E-state index contributed by atoms with van der Waals surface area (Å²) in [6, 6.07) is 16.9. The molecule has 1 atom stereocenters. The number of carboxylic acid groups (broad SMARTS) is 1. The number of rotatable bonds is 4. The average molecular weight is 462 g/mol. The van der Waals surface area contributed by atoms with Crippen molar-refractivity contribution < 1.29 is 19.4 Å². The van der Waals surface area contributed by atoms with Crippen LogP contribution < -0.4 is 19.7 Å². The molecule has 0 aliphatic carbocycles. The Morgan fingerprint density at radius 3 is 2.74 bits per heavy atom. The Kier molecular flexibility index (Phi) is 6.91. The van der Waals surface area contributed by atoms with Crippen LogP contribution in [0.15, 0.2) is 48.5 Å². The van der Waals surface area contributed by atoms with Gasteiger partial charge in [0.2, 0.25) is 0 Å². The minimum Gasteiger partial charge on any atom is -0.493 e. The number of carbonyl (C=O) groups is 1. The maximum atomic E-state index is 9.00. The zero-order chi connectivity index (χ0) is 24.2. The third-order valence-corrected chi connectivity index (χ3v) is 6.03. The van der Waals surface area contributed by atoms with Gasteiger partial charge in [0.15, 0.2) is 11.6 Å². The molecule has 0 radical (unpaired) electrons. The molecule has 178 valence electrons. The van der Waals surface area contributed by atoms with Gasteiger partial charge in [-0.15, -0.1) is 0 Å². The minimum absolute atomic E-state index is 0.474. The van der Waals surface area contributed by atoms with Gasteiger partial charge in [0.05, 0.1) is 13.2 Å². The number of hydrogen-bond acceptors (Lipinski definition) is 6. The fourth-order valence-corrected chi connectivity index (χ4v) is 4.26. The van der Waals surface area contributed by atoms with Crippen molar-refractivity contribution in [2.45, 2.75) is 40.2 Å². The van der Waals surface area contributed by atoms with Crippen LogP contribution in [0.4, 0.5) is 17.2 Å². The number of fused-ring (bicyclic) bond motifs is 2. The Balaban J connectivity index is 0.000000636. The highest BCUT2D eigenvalue weighted by Gasteiger charge is 2.23. The molecule has 3 heterocycles. The van der Waals surface area contributed by atoms with Gasteiger partial charge in [-0.25, -0.2) is 4.98 Å². The fraction of sp³-hybridized carbons (Fsp3) is 0.333. The molecular formula is C27H31N3O4. The van der Waals surface area contributed by atoms with Crippen LogP contribution in [0.5, 0.6) is 11.5 Å². The van der Waals surface area contributed by atoms with Crippen molar-refractivity contribution in [1.82, 2.24) is 4.98 Å². The van der Waals surface area contributed by atoms with Gasteiger partial charge in [0, 0.05) is 48.1 Å². The summed E-state index contributed by atoms with van der Waals surface area (Å²) in [6.07, 6.45) is 0. The van der Waals surface area contributed by atoms with E-state index in [0.717, 1.165) is 55.3 Å². The zero-order valence-electron chi connectivity index (χ0n) is 20.1. The molecule has 0 bridgehead atoms. The summed E-state index contributed by atoms with van der Waals surface area (Å²) >= 11 is 0. The molecule has 0 fully saturated rings. The van der Waals surface area contributed by atoms with E-state index in [1.165, 1.54) is 22.4 Å². The molecule has 7 nitrogen and oxygen atoms in total. The number of aromatic nitrogens is 1. The number of carboxylic acids is 1. The lowest BCUT2D eigenvalue weighted by molar-refractivity contribution is -0.134. The quantitative estimate of drug-likeness (QED) is 0.536. The van der Waals surface area contributed by atoms with E-state index < -0.39 is 5.97 Å². The molecule has 7 heteroatoms. The largest absolute Gasteiger partial charge is 0.493 e. The first-order chi connectivity index (χ1) is 16.3. The third-order valence-electron chi connectivity index (χ3n) is 6.03. The molecule has 1 aromatic heterocycles. The van der Waals surface area contributed by atoms with E-state index in [2.05, 4.69) is 60.5 Å². The number of benzene rings is 2. The zero-order valence-corrected chi connectivity index (χ0v) is 20.1. The van der Waals surface area contributed by atoms with Gasteiger partial charge in [-0.05, 0) is 49.2 Å². The fourth-order valence-electron chi connectivity index (χ4n) is 4.26. The number of nitrogens with one attached hydrogen (secondary N) is 1. The summed E-state index contributed by atoms with van der Waals surface area (Å²) in [6.45, 7) is 10.5. The average Bonchev–Trinajstić information content (AvgIpc) is 3.18.